The number of benzene rings is 2. The quantitative estimate of drug-likeness (QED) is 0.685. The SMILES string of the molecule is CCOc1cc(/C(=C/C(=O)N2CCOCC2)c2ccc(Cl)cc2)ccc1OC. The lowest BCUT2D eigenvalue weighted by Crippen LogP contribution is -2.39. The number of ether oxygens (including phenoxy) is 3. The Labute approximate surface area is 170 Å². The lowest BCUT2D eigenvalue weighted by Gasteiger charge is -2.26. The molecule has 0 radical (unpaired) electrons. The van der Waals surface area contributed by atoms with E-state index < -0.39 is 0 Å². The first-order valence-corrected chi connectivity index (χ1v) is 9.65. The van der Waals surface area contributed by atoms with Crippen molar-refractivity contribution >= 4 is 23.1 Å². The van der Waals surface area contributed by atoms with Crippen LogP contribution in [0.2, 0.25) is 5.02 Å². The number of halogens is 1. The van der Waals surface area contributed by atoms with E-state index >= 15 is 0 Å². The highest BCUT2D eigenvalue weighted by Crippen LogP contribution is 2.33. The number of rotatable bonds is 6. The first-order chi connectivity index (χ1) is 13.6. The summed E-state index contributed by atoms with van der Waals surface area (Å²) in [5, 5.41) is 0.646. The summed E-state index contributed by atoms with van der Waals surface area (Å²) in [6.07, 6.45) is 1.67. The second-order valence-electron chi connectivity index (χ2n) is 6.30. The number of carbonyl (C=O) groups is 1. The molecule has 0 aromatic heterocycles. The normalized spacial score (nSPS) is 14.7. The number of carbonyl (C=O) groups excluding carboxylic acids is 1. The first kappa shape index (κ1) is 20.2. The molecule has 1 aliphatic heterocycles. The van der Waals surface area contributed by atoms with Crippen LogP contribution in [0.25, 0.3) is 5.57 Å². The average Bonchev–Trinajstić information content (AvgIpc) is 2.73. The molecule has 0 atom stereocenters. The Bertz CT molecular complexity index is 842. The summed E-state index contributed by atoms with van der Waals surface area (Å²) in [5.41, 5.74) is 2.57. The van der Waals surface area contributed by atoms with E-state index in [4.69, 9.17) is 25.8 Å². The van der Waals surface area contributed by atoms with Gasteiger partial charge in [-0.25, -0.2) is 0 Å². The van der Waals surface area contributed by atoms with Crippen LogP contribution in [0.4, 0.5) is 0 Å². The Morgan fingerprint density at radius 2 is 1.79 bits per heavy atom. The van der Waals surface area contributed by atoms with Crippen molar-refractivity contribution in [1.29, 1.82) is 0 Å². The van der Waals surface area contributed by atoms with Crippen LogP contribution in [-0.4, -0.2) is 50.8 Å². The molecule has 148 valence electrons. The van der Waals surface area contributed by atoms with Crippen molar-refractivity contribution in [3.63, 3.8) is 0 Å². The van der Waals surface area contributed by atoms with Gasteiger partial charge < -0.3 is 19.1 Å². The van der Waals surface area contributed by atoms with Crippen molar-refractivity contribution in [3.8, 4) is 11.5 Å². The smallest absolute Gasteiger partial charge is 0.247 e. The second-order valence-corrected chi connectivity index (χ2v) is 6.74. The maximum absolute atomic E-state index is 12.9. The van der Waals surface area contributed by atoms with E-state index in [1.165, 1.54) is 0 Å². The largest absolute Gasteiger partial charge is 0.493 e. The third-order valence-corrected chi connectivity index (χ3v) is 4.77. The molecule has 0 spiro atoms. The predicted molar refractivity (Wildman–Crippen MR) is 110 cm³/mol. The van der Waals surface area contributed by atoms with Gasteiger partial charge in [0.25, 0.3) is 0 Å². The van der Waals surface area contributed by atoms with Crippen molar-refractivity contribution in [2.45, 2.75) is 6.92 Å². The molecule has 28 heavy (non-hydrogen) atoms. The van der Waals surface area contributed by atoms with Crippen molar-refractivity contribution in [2.24, 2.45) is 0 Å². The summed E-state index contributed by atoms with van der Waals surface area (Å²) < 4.78 is 16.4. The molecule has 6 heteroatoms. The van der Waals surface area contributed by atoms with E-state index in [1.807, 2.05) is 49.4 Å². The molecular weight excluding hydrogens is 378 g/mol. The van der Waals surface area contributed by atoms with Gasteiger partial charge in [0.15, 0.2) is 11.5 Å². The van der Waals surface area contributed by atoms with E-state index in [2.05, 4.69) is 0 Å². The van der Waals surface area contributed by atoms with Gasteiger partial charge in [-0.2, -0.15) is 0 Å². The molecule has 1 aliphatic rings. The molecular formula is C22H24ClNO4. The van der Waals surface area contributed by atoms with Crippen LogP contribution in [0.5, 0.6) is 11.5 Å². The highest BCUT2D eigenvalue weighted by molar-refractivity contribution is 6.30. The van der Waals surface area contributed by atoms with Gasteiger partial charge in [-0.3, -0.25) is 4.79 Å². The lowest BCUT2D eigenvalue weighted by molar-refractivity contribution is -0.129. The summed E-state index contributed by atoms with van der Waals surface area (Å²) in [6.45, 7) is 4.75. The van der Waals surface area contributed by atoms with Crippen molar-refractivity contribution in [3.05, 3.63) is 64.7 Å². The molecule has 1 amide bonds. The number of morpholine rings is 1. The van der Waals surface area contributed by atoms with Crippen molar-refractivity contribution in [1.82, 2.24) is 4.90 Å². The van der Waals surface area contributed by atoms with Crippen molar-refractivity contribution < 1.29 is 19.0 Å². The monoisotopic (exact) mass is 401 g/mol. The molecule has 3 rings (SSSR count). The van der Waals surface area contributed by atoms with Crippen LogP contribution in [-0.2, 0) is 9.53 Å². The average molecular weight is 402 g/mol. The van der Waals surface area contributed by atoms with Gasteiger partial charge in [-0.15, -0.1) is 0 Å². The topological polar surface area (TPSA) is 48.0 Å². The zero-order valence-electron chi connectivity index (χ0n) is 16.1. The van der Waals surface area contributed by atoms with Gasteiger partial charge in [0.05, 0.1) is 26.9 Å². The molecule has 0 bridgehead atoms. The van der Waals surface area contributed by atoms with E-state index in [1.54, 1.807) is 18.1 Å². The van der Waals surface area contributed by atoms with Gasteiger partial charge in [-0.05, 0) is 47.9 Å². The Morgan fingerprint density at radius 3 is 2.43 bits per heavy atom. The fraction of sp³-hybridized carbons (Fsp3) is 0.318. The molecule has 5 nitrogen and oxygen atoms in total. The Balaban J connectivity index is 2.03. The molecule has 0 unspecified atom stereocenters. The Kier molecular flexibility index (Phi) is 6.95. The van der Waals surface area contributed by atoms with Gasteiger partial charge in [0.1, 0.15) is 0 Å². The minimum atomic E-state index is -0.0398. The predicted octanol–water partition coefficient (Wildman–Crippen LogP) is 4.04. The summed E-state index contributed by atoms with van der Waals surface area (Å²) in [4.78, 5) is 14.7. The summed E-state index contributed by atoms with van der Waals surface area (Å²) in [6, 6.07) is 13.1. The van der Waals surface area contributed by atoms with Gasteiger partial charge in [0, 0.05) is 24.2 Å². The summed E-state index contributed by atoms with van der Waals surface area (Å²) in [5.74, 6) is 1.25. The zero-order valence-corrected chi connectivity index (χ0v) is 16.9. The number of hydrogen-bond donors (Lipinski definition) is 0. The minimum Gasteiger partial charge on any atom is -0.493 e. The van der Waals surface area contributed by atoms with Gasteiger partial charge >= 0.3 is 0 Å². The standard InChI is InChI=1S/C22H24ClNO4/c1-3-28-21-14-17(6-9-20(21)26-2)19(16-4-7-18(23)8-5-16)15-22(25)24-10-12-27-13-11-24/h4-9,14-15H,3,10-13H2,1-2H3/b19-15+. The maximum atomic E-state index is 12.9. The molecule has 2 aromatic rings. The van der Waals surface area contributed by atoms with Crippen LogP contribution in [0.15, 0.2) is 48.5 Å². The van der Waals surface area contributed by atoms with Gasteiger partial charge in [-0.1, -0.05) is 29.8 Å². The number of amides is 1. The summed E-state index contributed by atoms with van der Waals surface area (Å²) >= 11 is 6.05. The fourth-order valence-electron chi connectivity index (χ4n) is 3.07. The number of hydrogen-bond acceptors (Lipinski definition) is 4. The van der Waals surface area contributed by atoms with Crippen LogP contribution in [0.1, 0.15) is 18.1 Å². The molecule has 0 aliphatic carbocycles. The van der Waals surface area contributed by atoms with Crippen LogP contribution in [0.3, 0.4) is 0 Å². The minimum absolute atomic E-state index is 0.0398. The van der Waals surface area contributed by atoms with Crippen LogP contribution >= 0.6 is 11.6 Å². The van der Waals surface area contributed by atoms with E-state index in [0.29, 0.717) is 49.4 Å². The van der Waals surface area contributed by atoms with E-state index in [9.17, 15) is 4.79 Å². The van der Waals surface area contributed by atoms with E-state index in [-0.39, 0.29) is 5.91 Å². The maximum Gasteiger partial charge on any atom is 0.247 e. The third kappa shape index (κ3) is 4.86. The zero-order chi connectivity index (χ0) is 19.9. The van der Waals surface area contributed by atoms with E-state index in [0.717, 1.165) is 16.7 Å². The highest BCUT2D eigenvalue weighted by Gasteiger charge is 2.18. The van der Waals surface area contributed by atoms with Gasteiger partial charge in [0.2, 0.25) is 5.91 Å². The van der Waals surface area contributed by atoms with Crippen LogP contribution in [0, 0.1) is 0 Å². The first-order valence-electron chi connectivity index (χ1n) is 9.28. The molecule has 2 aromatic carbocycles. The fourth-order valence-corrected chi connectivity index (χ4v) is 3.20. The highest BCUT2D eigenvalue weighted by atomic mass is 35.5. The second kappa shape index (κ2) is 9.62. The molecule has 0 N–H and O–H groups in total. The third-order valence-electron chi connectivity index (χ3n) is 4.52. The molecule has 1 heterocycles. The lowest BCUT2D eigenvalue weighted by atomic mass is 9.96. The Hall–Kier alpha value is -2.50. The number of methoxy groups -OCH3 is 1. The molecule has 1 saturated heterocycles. The van der Waals surface area contributed by atoms with Crippen LogP contribution < -0.4 is 9.47 Å². The summed E-state index contributed by atoms with van der Waals surface area (Å²) in [7, 11) is 1.61. The molecule has 0 saturated carbocycles. The molecule has 1 fully saturated rings. The number of nitrogens with zero attached hydrogens (tertiary/aromatic N) is 1. The van der Waals surface area contributed by atoms with Crippen molar-refractivity contribution in [2.75, 3.05) is 40.0 Å². The Morgan fingerprint density at radius 1 is 1.11 bits per heavy atom.